The summed E-state index contributed by atoms with van der Waals surface area (Å²) in [5.74, 6) is 0. The van der Waals surface area contributed by atoms with Gasteiger partial charge in [0.1, 0.15) is 6.04 Å². The predicted molar refractivity (Wildman–Crippen MR) is 61.6 cm³/mol. The van der Waals surface area contributed by atoms with Crippen LogP contribution in [0.5, 0.6) is 0 Å². The van der Waals surface area contributed by atoms with E-state index in [1.54, 1.807) is 5.01 Å². The molecule has 2 aliphatic rings. The SMILES string of the molecule is CN1c2ccccc2C2CN1C(=O)N2OS. The fourth-order valence-corrected chi connectivity index (χ4v) is 2.51. The molecule has 5 nitrogen and oxygen atoms in total. The second-order valence-corrected chi connectivity index (χ2v) is 4.03. The molecule has 2 aliphatic heterocycles. The van der Waals surface area contributed by atoms with Gasteiger partial charge in [0.25, 0.3) is 0 Å². The van der Waals surface area contributed by atoms with E-state index in [4.69, 9.17) is 4.28 Å². The van der Waals surface area contributed by atoms with Gasteiger partial charge < -0.3 is 0 Å². The van der Waals surface area contributed by atoms with Crippen molar-refractivity contribution < 1.29 is 9.08 Å². The molecule has 1 unspecified atom stereocenters. The molecule has 0 aliphatic carbocycles. The molecule has 0 aromatic heterocycles. The zero-order valence-electron chi connectivity index (χ0n) is 8.70. The van der Waals surface area contributed by atoms with E-state index in [0.29, 0.717) is 6.54 Å². The quantitative estimate of drug-likeness (QED) is 0.595. The highest BCUT2D eigenvalue weighted by Gasteiger charge is 2.46. The highest BCUT2D eigenvalue weighted by molar-refractivity contribution is 7.75. The van der Waals surface area contributed by atoms with Gasteiger partial charge in [-0.3, -0.25) is 5.01 Å². The molecule has 3 rings (SSSR count). The Kier molecular flexibility index (Phi) is 2.02. The maximum atomic E-state index is 11.9. The third-order valence-corrected chi connectivity index (χ3v) is 3.31. The van der Waals surface area contributed by atoms with Crippen molar-refractivity contribution >= 4 is 24.6 Å². The Hall–Kier alpha value is -1.40. The molecule has 6 heteroatoms. The van der Waals surface area contributed by atoms with Gasteiger partial charge in [0, 0.05) is 25.5 Å². The van der Waals surface area contributed by atoms with Crippen molar-refractivity contribution in [1.29, 1.82) is 0 Å². The number of carbonyl (C=O) groups is 1. The van der Waals surface area contributed by atoms with Gasteiger partial charge in [0.05, 0.1) is 12.2 Å². The van der Waals surface area contributed by atoms with Gasteiger partial charge in [-0.15, -0.1) is 0 Å². The number of anilines is 1. The van der Waals surface area contributed by atoms with Crippen LogP contribution in [0.1, 0.15) is 11.6 Å². The minimum Gasteiger partial charge on any atom is -0.284 e. The minimum absolute atomic E-state index is 0.0719. The summed E-state index contributed by atoms with van der Waals surface area (Å²) in [5.41, 5.74) is 2.11. The van der Waals surface area contributed by atoms with E-state index in [1.807, 2.05) is 36.3 Å². The van der Waals surface area contributed by atoms with Crippen molar-refractivity contribution in [3.63, 3.8) is 0 Å². The molecule has 1 aromatic carbocycles. The third kappa shape index (κ3) is 1.08. The molecule has 1 saturated heterocycles. The molecule has 16 heavy (non-hydrogen) atoms. The van der Waals surface area contributed by atoms with Crippen LogP contribution in [-0.4, -0.2) is 29.7 Å². The Bertz CT molecular complexity index is 449. The Morgan fingerprint density at radius 3 is 2.94 bits per heavy atom. The molecular formula is C10H11N3O2S. The van der Waals surface area contributed by atoms with Crippen molar-refractivity contribution in [2.24, 2.45) is 0 Å². The molecule has 84 valence electrons. The van der Waals surface area contributed by atoms with Crippen molar-refractivity contribution in [3.8, 4) is 0 Å². The zero-order chi connectivity index (χ0) is 11.3. The van der Waals surface area contributed by atoms with Crippen LogP contribution in [0.25, 0.3) is 0 Å². The topological polar surface area (TPSA) is 36.0 Å². The average molecular weight is 237 g/mol. The van der Waals surface area contributed by atoms with Crippen LogP contribution in [0, 0.1) is 0 Å². The van der Waals surface area contributed by atoms with Gasteiger partial charge in [-0.2, -0.15) is 5.06 Å². The molecule has 0 saturated carbocycles. The number of urea groups is 1. The van der Waals surface area contributed by atoms with Crippen LogP contribution in [0.2, 0.25) is 0 Å². The molecular weight excluding hydrogens is 226 g/mol. The maximum absolute atomic E-state index is 11.9. The first kappa shape index (κ1) is 9.80. The molecule has 1 atom stereocenters. The molecule has 0 N–H and O–H groups in total. The number of nitrogens with zero attached hydrogens (tertiary/aromatic N) is 3. The van der Waals surface area contributed by atoms with Gasteiger partial charge >= 0.3 is 6.03 Å². The lowest BCUT2D eigenvalue weighted by Gasteiger charge is -2.33. The number of para-hydroxylation sites is 1. The number of carbonyl (C=O) groups excluding carboxylic acids is 1. The van der Waals surface area contributed by atoms with Crippen molar-refractivity contribution in [2.75, 3.05) is 18.6 Å². The Morgan fingerprint density at radius 1 is 1.44 bits per heavy atom. The highest BCUT2D eigenvalue weighted by atomic mass is 32.1. The molecule has 2 bridgehead atoms. The number of fused-ring (bicyclic) bond motifs is 4. The van der Waals surface area contributed by atoms with E-state index < -0.39 is 0 Å². The smallest absolute Gasteiger partial charge is 0.284 e. The lowest BCUT2D eigenvalue weighted by atomic mass is 10.0. The molecule has 1 aromatic rings. The average Bonchev–Trinajstić information content (AvgIpc) is 2.61. The van der Waals surface area contributed by atoms with Crippen LogP contribution in [0.15, 0.2) is 24.3 Å². The lowest BCUT2D eigenvalue weighted by molar-refractivity contribution is -0.00346. The second kappa shape index (κ2) is 3.29. The van der Waals surface area contributed by atoms with Gasteiger partial charge in [-0.05, 0) is 6.07 Å². The molecule has 0 radical (unpaired) electrons. The summed E-state index contributed by atoms with van der Waals surface area (Å²) in [5, 5.41) is 4.79. The highest BCUT2D eigenvalue weighted by Crippen LogP contribution is 2.41. The maximum Gasteiger partial charge on any atom is 0.364 e. The number of hydrazine groups is 1. The number of hydrogen-bond acceptors (Lipinski definition) is 4. The second-order valence-electron chi connectivity index (χ2n) is 3.87. The standard InChI is InChI=1S/C10H11N3O2S/c1-11-8-5-3-2-4-7(8)9-6-12(11)10(14)13(9)15-16/h2-5,9,16H,6H2,1H3. The molecule has 2 amide bonds. The van der Waals surface area contributed by atoms with Gasteiger partial charge in [-0.1, -0.05) is 18.2 Å². The molecule has 0 spiro atoms. The largest absolute Gasteiger partial charge is 0.364 e. The van der Waals surface area contributed by atoms with Gasteiger partial charge in [0.15, 0.2) is 0 Å². The normalized spacial score (nSPS) is 22.8. The summed E-state index contributed by atoms with van der Waals surface area (Å²) in [6, 6.07) is 7.66. The number of hydrogen-bond donors (Lipinski definition) is 1. The van der Waals surface area contributed by atoms with E-state index in [2.05, 4.69) is 12.9 Å². The van der Waals surface area contributed by atoms with Crippen LogP contribution in [-0.2, 0) is 4.28 Å². The summed E-state index contributed by atoms with van der Waals surface area (Å²) < 4.78 is 4.85. The molecule has 2 heterocycles. The number of benzene rings is 1. The number of hydroxylamine groups is 2. The van der Waals surface area contributed by atoms with Crippen molar-refractivity contribution in [1.82, 2.24) is 10.1 Å². The fraction of sp³-hybridized carbons (Fsp3) is 0.300. The van der Waals surface area contributed by atoms with Crippen LogP contribution < -0.4 is 5.01 Å². The van der Waals surface area contributed by atoms with E-state index in [0.717, 1.165) is 11.3 Å². The minimum atomic E-state index is -0.182. The van der Waals surface area contributed by atoms with Gasteiger partial charge in [0.2, 0.25) is 0 Å². The number of thiol groups is 1. The van der Waals surface area contributed by atoms with E-state index in [-0.39, 0.29) is 12.1 Å². The monoisotopic (exact) mass is 237 g/mol. The predicted octanol–water partition coefficient (Wildman–Crippen LogP) is 1.61. The fourth-order valence-electron chi connectivity index (χ4n) is 2.32. The van der Waals surface area contributed by atoms with Crippen LogP contribution in [0.3, 0.4) is 0 Å². The Balaban J connectivity index is 2.15. The first-order valence-corrected chi connectivity index (χ1v) is 5.35. The summed E-state index contributed by atoms with van der Waals surface area (Å²) in [7, 11) is 1.87. The lowest BCUT2D eigenvalue weighted by Crippen LogP contribution is -2.43. The zero-order valence-corrected chi connectivity index (χ0v) is 9.59. The van der Waals surface area contributed by atoms with Crippen molar-refractivity contribution in [3.05, 3.63) is 29.8 Å². The third-order valence-electron chi connectivity index (χ3n) is 3.13. The summed E-state index contributed by atoms with van der Waals surface area (Å²) in [4.78, 5) is 11.9. The van der Waals surface area contributed by atoms with E-state index in [9.17, 15) is 4.79 Å². The first-order chi connectivity index (χ1) is 7.74. The van der Waals surface area contributed by atoms with E-state index >= 15 is 0 Å². The molecule has 1 fully saturated rings. The number of rotatable bonds is 1. The van der Waals surface area contributed by atoms with Crippen LogP contribution >= 0.6 is 12.9 Å². The van der Waals surface area contributed by atoms with E-state index in [1.165, 1.54) is 5.06 Å². The van der Waals surface area contributed by atoms with Gasteiger partial charge in [-0.25, -0.2) is 14.1 Å². The Labute approximate surface area is 98.7 Å². The first-order valence-electron chi connectivity index (χ1n) is 4.99. The summed E-state index contributed by atoms with van der Waals surface area (Å²) in [6.45, 7) is 0.604. The van der Waals surface area contributed by atoms with Crippen LogP contribution in [0.4, 0.5) is 10.5 Å². The summed E-state index contributed by atoms with van der Waals surface area (Å²) >= 11 is 3.74. The van der Waals surface area contributed by atoms with Crippen molar-refractivity contribution in [2.45, 2.75) is 6.04 Å². The number of amides is 2. The Morgan fingerprint density at radius 2 is 2.19 bits per heavy atom. The summed E-state index contributed by atoms with van der Waals surface area (Å²) in [6.07, 6.45) is 0.